The monoisotopic (exact) mass is 300 g/mol. The van der Waals surface area contributed by atoms with E-state index < -0.39 is 5.97 Å². The molecule has 0 unspecified atom stereocenters. The van der Waals surface area contributed by atoms with Gasteiger partial charge in [0, 0.05) is 6.07 Å². The van der Waals surface area contributed by atoms with Crippen LogP contribution < -0.4 is 18.9 Å². The van der Waals surface area contributed by atoms with Gasteiger partial charge >= 0.3 is 5.97 Å². The number of carbonyl (C=O) groups excluding carboxylic acids is 1. The minimum Gasteiger partial charge on any atom is -0.496 e. The molecule has 5 nitrogen and oxygen atoms in total. The quantitative estimate of drug-likeness (QED) is 0.644. The predicted molar refractivity (Wildman–Crippen MR) is 80.1 cm³/mol. The van der Waals surface area contributed by atoms with E-state index in [1.807, 2.05) is 13.0 Å². The second-order valence-electron chi connectivity index (χ2n) is 4.88. The Labute approximate surface area is 128 Å². The lowest BCUT2D eigenvalue weighted by molar-refractivity contribution is 0.0733. The first-order chi connectivity index (χ1) is 10.7. The van der Waals surface area contributed by atoms with Crippen LogP contribution in [0, 0.1) is 6.92 Å². The summed E-state index contributed by atoms with van der Waals surface area (Å²) in [6, 6.07) is 10.2. The Kier molecular flexibility index (Phi) is 3.87. The fourth-order valence-electron chi connectivity index (χ4n) is 2.20. The minimum atomic E-state index is -0.449. The lowest BCUT2D eigenvalue weighted by Crippen LogP contribution is -2.15. The number of hydrogen-bond acceptors (Lipinski definition) is 5. The van der Waals surface area contributed by atoms with Gasteiger partial charge in [-0.05, 0) is 36.8 Å². The molecule has 0 N–H and O–H groups in total. The van der Waals surface area contributed by atoms with Gasteiger partial charge in [0.2, 0.25) is 0 Å². The van der Waals surface area contributed by atoms with E-state index in [9.17, 15) is 4.79 Å². The molecule has 0 bridgehead atoms. The van der Waals surface area contributed by atoms with E-state index >= 15 is 0 Å². The van der Waals surface area contributed by atoms with Crippen LogP contribution in [0.1, 0.15) is 15.9 Å². The highest BCUT2D eigenvalue weighted by atomic mass is 16.6. The van der Waals surface area contributed by atoms with Crippen molar-refractivity contribution in [3.05, 3.63) is 47.5 Å². The molecule has 1 heterocycles. The van der Waals surface area contributed by atoms with Crippen molar-refractivity contribution in [2.75, 3.05) is 20.3 Å². The van der Waals surface area contributed by atoms with Gasteiger partial charge in [0.15, 0.2) is 11.5 Å². The molecular formula is C17H16O5. The third-order valence-electron chi connectivity index (χ3n) is 3.37. The zero-order valence-electron chi connectivity index (χ0n) is 12.4. The standard InChI is InChI=1S/C17H16O5/c1-11-3-4-12(9-15(11)19-2)17(18)22-13-5-6-14-16(10-13)21-8-7-20-14/h3-6,9-10H,7-8H2,1-2H3. The summed E-state index contributed by atoms with van der Waals surface area (Å²) in [7, 11) is 1.57. The van der Waals surface area contributed by atoms with E-state index in [2.05, 4.69) is 0 Å². The van der Waals surface area contributed by atoms with Crippen LogP contribution in [0.15, 0.2) is 36.4 Å². The Morgan fingerprint density at radius 2 is 1.82 bits per heavy atom. The van der Waals surface area contributed by atoms with E-state index in [0.717, 1.165) is 5.56 Å². The van der Waals surface area contributed by atoms with Crippen LogP contribution in [0.4, 0.5) is 0 Å². The lowest BCUT2D eigenvalue weighted by atomic mass is 10.1. The van der Waals surface area contributed by atoms with Crippen LogP contribution in [0.3, 0.4) is 0 Å². The molecule has 1 aliphatic rings. The number of hydrogen-bond donors (Lipinski definition) is 0. The third-order valence-corrected chi connectivity index (χ3v) is 3.37. The van der Waals surface area contributed by atoms with E-state index in [1.165, 1.54) is 0 Å². The van der Waals surface area contributed by atoms with Gasteiger partial charge in [0.1, 0.15) is 24.7 Å². The van der Waals surface area contributed by atoms with E-state index in [4.69, 9.17) is 18.9 Å². The molecule has 0 fully saturated rings. The van der Waals surface area contributed by atoms with Crippen molar-refractivity contribution in [1.82, 2.24) is 0 Å². The summed E-state index contributed by atoms with van der Waals surface area (Å²) in [4.78, 5) is 12.2. The second kappa shape index (κ2) is 5.97. The van der Waals surface area contributed by atoms with Crippen molar-refractivity contribution in [3.8, 4) is 23.0 Å². The summed E-state index contributed by atoms with van der Waals surface area (Å²) in [5, 5.41) is 0. The molecule has 3 rings (SSSR count). The summed E-state index contributed by atoms with van der Waals surface area (Å²) in [5.41, 5.74) is 1.38. The minimum absolute atomic E-state index is 0.411. The van der Waals surface area contributed by atoms with Gasteiger partial charge < -0.3 is 18.9 Å². The van der Waals surface area contributed by atoms with Gasteiger partial charge in [-0.1, -0.05) is 6.07 Å². The van der Waals surface area contributed by atoms with E-state index in [-0.39, 0.29) is 0 Å². The number of carbonyl (C=O) groups is 1. The Morgan fingerprint density at radius 3 is 2.59 bits per heavy atom. The SMILES string of the molecule is COc1cc(C(=O)Oc2ccc3c(c2)OCCO3)ccc1C. The Morgan fingerprint density at radius 1 is 1.05 bits per heavy atom. The molecule has 0 aromatic heterocycles. The number of ether oxygens (including phenoxy) is 4. The van der Waals surface area contributed by atoms with Crippen molar-refractivity contribution >= 4 is 5.97 Å². The van der Waals surface area contributed by atoms with Crippen molar-refractivity contribution in [2.24, 2.45) is 0 Å². The van der Waals surface area contributed by atoms with Crippen molar-refractivity contribution in [1.29, 1.82) is 0 Å². The van der Waals surface area contributed by atoms with Gasteiger partial charge in [0.25, 0.3) is 0 Å². The van der Waals surface area contributed by atoms with Gasteiger partial charge in [-0.15, -0.1) is 0 Å². The first-order valence-electron chi connectivity index (χ1n) is 6.94. The summed E-state index contributed by atoms with van der Waals surface area (Å²) < 4.78 is 21.5. The van der Waals surface area contributed by atoms with Crippen LogP contribution in [0.5, 0.6) is 23.0 Å². The molecule has 0 spiro atoms. The molecule has 2 aromatic carbocycles. The molecule has 0 saturated heterocycles. The average molecular weight is 300 g/mol. The predicted octanol–water partition coefficient (Wildman–Crippen LogP) is 2.99. The van der Waals surface area contributed by atoms with Crippen molar-refractivity contribution in [2.45, 2.75) is 6.92 Å². The van der Waals surface area contributed by atoms with Gasteiger partial charge in [-0.2, -0.15) is 0 Å². The molecular weight excluding hydrogens is 284 g/mol. The first kappa shape index (κ1) is 14.3. The molecule has 1 aliphatic heterocycles. The highest BCUT2D eigenvalue weighted by Crippen LogP contribution is 2.33. The van der Waals surface area contributed by atoms with Crippen molar-refractivity contribution in [3.63, 3.8) is 0 Å². The van der Waals surface area contributed by atoms with Crippen molar-refractivity contribution < 1.29 is 23.7 Å². The fourth-order valence-corrected chi connectivity index (χ4v) is 2.20. The molecule has 0 aliphatic carbocycles. The Hall–Kier alpha value is -2.69. The fraction of sp³-hybridized carbons (Fsp3) is 0.235. The summed E-state index contributed by atoms with van der Waals surface area (Å²) in [6.45, 7) is 2.92. The number of methoxy groups -OCH3 is 1. The Bertz CT molecular complexity index is 708. The molecule has 5 heteroatoms. The molecule has 2 aromatic rings. The average Bonchev–Trinajstić information content (AvgIpc) is 2.55. The molecule has 0 saturated carbocycles. The van der Waals surface area contributed by atoms with Gasteiger partial charge in [0.05, 0.1) is 12.7 Å². The number of benzene rings is 2. The zero-order chi connectivity index (χ0) is 15.5. The Balaban J connectivity index is 1.79. The number of esters is 1. The summed E-state index contributed by atoms with van der Waals surface area (Å²) in [5.74, 6) is 1.85. The molecule has 114 valence electrons. The van der Waals surface area contributed by atoms with Crippen LogP contribution >= 0.6 is 0 Å². The summed E-state index contributed by atoms with van der Waals surface area (Å²) >= 11 is 0. The maximum atomic E-state index is 12.2. The molecule has 22 heavy (non-hydrogen) atoms. The topological polar surface area (TPSA) is 54.0 Å². The first-order valence-corrected chi connectivity index (χ1v) is 6.94. The normalized spacial score (nSPS) is 12.6. The maximum absolute atomic E-state index is 12.2. The largest absolute Gasteiger partial charge is 0.496 e. The number of fused-ring (bicyclic) bond motifs is 1. The van der Waals surface area contributed by atoms with Gasteiger partial charge in [-0.3, -0.25) is 0 Å². The number of aryl methyl sites for hydroxylation is 1. The molecule has 0 atom stereocenters. The van der Waals surface area contributed by atoms with Crippen LogP contribution in [0.25, 0.3) is 0 Å². The van der Waals surface area contributed by atoms with Crippen LogP contribution in [-0.4, -0.2) is 26.3 Å². The zero-order valence-corrected chi connectivity index (χ0v) is 12.4. The molecule has 0 amide bonds. The maximum Gasteiger partial charge on any atom is 0.343 e. The highest BCUT2D eigenvalue weighted by molar-refractivity contribution is 5.91. The highest BCUT2D eigenvalue weighted by Gasteiger charge is 2.15. The van der Waals surface area contributed by atoms with Gasteiger partial charge in [-0.25, -0.2) is 4.79 Å². The van der Waals surface area contributed by atoms with E-state index in [0.29, 0.717) is 41.8 Å². The second-order valence-corrected chi connectivity index (χ2v) is 4.88. The smallest absolute Gasteiger partial charge is 0.343 e. The third kappa shape index (κ3) is 2.83. The van der Waals surface area contributed by atoms with Crippen LogP contribution in [-0.2, 0) is 0 Å². The molecule has 0 radical (unpaired) electrons. The summed E-state index contributed by atoms with van der Waals surface area (Å²) in [6.07, 6.45) is 0. The van der Waals surface area contributed by atoms with E-state index in [1.54, 1.807) is 37.4 Å². The number of rotatable bonds is 3. The van der Waals surface area contributed by atoms with Crippen LogP contribution in [0.2, 0.25) is 0 Å². The lowest BCUT2D eigenvalue weighted by Gasteiger charge is -2.18.